The third-order valence-corrected chi connectivity index (χ3v) is 5.18. The Morgan fingerprint density at radius 2 is 1.97 bits per heavy atom. The summed E-state index contributed by atoms with van der Waals surface area (Å²) in [6.45, 7) is 3.67. The number of rotatable bonds is 5. The summed E-state index contributed by atoms with van der Waals surface area (Å²) in [4.78, 5) is 29.3. The van der Waals surface area contributed by atoms with Gasteiger partial charge in [-0.05, 0) is 49.2 Å². The first kappa shape index (κ1) is 20.7. The lowest BCUT2D eigenvalue weighted by Crippen LogP contribution is -2.27. The molecule has 0 saturated carbocycles. The van der Waals surface area contributed by atoms with E-state index in [9.17, 15) is 9.59 Å². The highest BCUT2D eigenvalue weighted by Gasteiger charge is 2.19. The van der Waals surface area contributed by atoms with Gasteiger partial charge in [-0.15, -0.1) is 10.2 Å². The van der Waals surface area contributed by atoms with Crippen molar-refractivity contribution in [2.24, 2.45) is 5.73 Å². The number of para-hydroxylation sites is 1. The molecule has 158 valence electrons. The number of nitrogens with one attached hydrogen (secondary N) is 1. The Labute approximate surface area is 183 Å². The lowest BCUT2D eigenvalue weighted by Gasteiger charge is -2.19. The molecule has 1 unspecified atom stereocenters. The van der Waals surface area contributed by atoms with Crippen LogP contribution in [0, 0.1) is 18.3 Å². The van der Waals surface area contributed by atoms with Gasteiger partial charge in [-0.3, -0.25) is 14.2 Å². The zero-order chi connectivity index (χ0) is 22.8. The van der Waals surface area contributed by atoms with Gasteiger partial charge in [0.05, 0.1) is 23.2 Å². The van der Waals surface area contributed by atoms with Crippen molar-refractivity contribution < 1.29 is 9.59 Å². The molecule has 1 atom stereocenters. The number of nitrogens with two attached hydrogens (primary N) is 1. The SMILES string of the molecule is Cc1ccc(C#N)cc1C(=O)NC(C)c1cc(-n2cnnc2C(N)=O)nc2ccccc12. The molecule has 9 heteroatoms. The molecule has 4 rings (SSSR count). The Morgan fingerprint density at radius 3 is 2.72 bits per heavy atom. The maximum atomic E-state index is 13.0. The number of pyridine rings is 1. The molecule has 0 aliphatic rings. The summed E-state index contributed by atoms with van der Waals surface area (Å²) >= 11 is 0. The minimum Gasteiger partial charge on any atom is -0.363 e. The molecule has 2 heterocycles. The van der Waals surface area contributed by atoms with E-state index in [2.05, 4.69) is 26.6 Å². The Bertz CT molecular complexity index is 1400. The van der Waals surface area contributed by atoms with E-state index in [-0.39, 0.29) is 11.7 Å². The molecule has 2 amide bonds. The van der Waals surface area contributed by atoms with Gasteiger partial charge in [0.25, 0.3) is 11.8 Å². The van der Waals surface area contributed by atoms with Crippen molar-refractivity contribution in [1.29, 1.82) is 5.26 Å². The van der Waals surface area contributed by atoms with Crippen LogP contribution in [0.1, 0.15) is 50.6 Å². The second kappa shape index (κ2) is 8.28. The summed E-state index contributed by atoms with van der Waals surface area (Å²) in [6.07, 6.45) is 1.36. The monoisotopic (exact) mass is 425 g/mol. The van der Waals surface area contributed by atoms with Gasteiger partial charge in [0.1, 0.15) is 12.1 Å². The van der Waals surface area contributed by atoms with Crippen molar-refractivity contribution in [3.05, 3.63) is 82.9 Å². The Balaban J connectivity index is 1.76. The fraction of sp³-hybridized carbons (Fsp3) is 0.130. The van der Waals surface area contributed by atoms with Crippen molar-refractivity contribution in [2.75, 3.05) is 0 Å². The summed E-state index contributed by atoms with van der Waals surface area (Å²) in [6, 6.07) is 15.9. The van der Waals surface area contributed by atoms with Crippen molar-refractivity contribution >= 4 is 22.7 Å². The van der Waals surface area contributed by atoms with Crippen LogP contribution >= 0.6 is 0 Å². The molecule has 0 saturated heterocycles. The number of amides is 2. The summed E-state index contributed by atoms with van der Waals surface area (Å²) in [5, 5.41) is 20.5. The third-order valence-electron chi connectivity index (χ3n) is 5.18. The molecule has 0 fully saturated rings. The highest BCUT2D eigenvalue weighted by molar-refractivity contribution is 5.96. The molecule has 0 spiro atoms. The summed E-state index contributed by atoms with van der Waals surface area (Å²) in [5.74, 6) is -0.662. The van der Waals surface area contributed by atoms with Crippen molar-refractivity contribution in [3.8, 4) is 11.9 Å². The number of nitriles is 1. The van der Waals surface area contributed by atoms with Crippen LogP contribution in [-0.2, 0) is 0 Å². The average Bonchev–Trinajstić information content (AvgIpc) is 3.29. The summed E-state index contributed by atoms with van der Waals surface area (Å²) < 4.78 is 1.41. The molecule has 3 N–H and O–H groups in total. The van der Waals surface area contributed by atoms with Crippen LogP contribution in [0.15, 0.2) is 54.9 Å². The van der Waals surface area contributed by atoms with E-state index in [0.29, 0.717) is 22.5 Å². The number of primary amides is 1. The largest absolute Gasteiger partial charge is 0.363 e. The number of fused-ring (bicyclic) bond motifs is 1. The predicted octanol–water partition coefficient (Wildman–Crippen LogP) is 2.59. The number of benzene rings is 2. The molecule has 9 nitrogen and oxygen atoms in total. The van der Waals surface area contributed by atoms with Gasteiger partial charge in [0.15, 0.2) is 0 Å². The molecule has 0 aliphatic heterocycles. The average molecular weight is 425 g/mol. The first-order chi connectivity index (χ1) is 15.4. The molecular weight excluding hydrogens is 406 g/mol. The van der Waals surface area contributed by atoms with Crippen LogP contribution in [-0.4, -0.2) is 31.6 Å². The van der Waals surface area contributed by atoms with Crippen LogP contribution in [0.4, 0.5) is 0 Å². The number of hydrogen-bond acceptors (Lipinski definition) is 6. The van der Waals surface area contributed by atoms with Gasteiger partial charge < -0.3 is 11.1 Å². The molecule has 0 radical (unpaired) electrons. The van der Waals surface area contributed by atoms with E-state index >= 15 is 0 Å². The summed E-state index contributed by atoms with van der Waals surface area (Å²) in [5.41, 5.74) is 8.48. The second-order valence-electron chi connectivity index (χ2n) is 7.31. The van der Waals surface area contributed by atoms with Gasteiger partial charge in [-0.2, -0.15) is 5.26 Å². The Hall–Kier alpha value is -4.58. The van der Waals surface area contributed by atoms with Crippen LogP contribution in [0.2, 0.25) is 0 Å². The molecule has 2 aromatic carbocycles. The maximum absolute atomic E-state index is 13.0. The molecule has 2 aromatic heterocycles. The van der Waals surface area contributed by atoms with Gasteiger partial charge in [0.2, 0.25) is 5.82 Å². The number of carbonyl (C=O) groups excluding carboxylic acids is 2. The Morgan fingerprint density at radius 1 is 1.19 bits per heavy atom. The van der Waals surface area contributed by atoms with E-state index in [1.807, 2.05) is 38.1 Å². The van der Waals surface area contributed by atoms with E-state index in [1.165, 1.54) is 10.9 Å². The topological polar surface area (TPSA) is 140 Å². The van der Waals surface area contributed by atoms with Crippen molar-refractivity contribution in [1.82, 2.24) is 25.1 Å². The number of carbonyl (C=O) groups is 2. The van der Waals surface area contributed by atoms with Crippen LogP contribution in [0.25, 0.3) is 16.7 Å². The standard InChI is InChI=1S/C23H19N7O2/c1-13-7-8-15(11-24)9-17(13)23(32)27-14(2)18-10-20(28-19-6-4-3-5-16(18)19)30-12-26-29-22(30)21(25)31/h3-10,12,14H,1-2H3,(H2,25,31)(H,27,32). The third kappa shape index (κ3) is 3.77. The van der Waals surface area contributed by atoms with E-state index in [1.54, 1.807) is 24.3 Å². The number of aryl methyl sites for hydroxylation is 1. The lowest BCUT2D eigenvalue weighted by molar-refractivity contribution is 0.0938. The zero-order valence-corrected chi connectivity index (χ0v) is 17.4. The van der Waals surface area contributed by atoms with Gasteiger partial charge in [-0.25, -0.2) is 4.98 Å². The quantitative estimate of drug-likeness (QED) is 0.504. The van der Waals surface area contributed by atoms with Crippen LogP contribution < -0.4 is 11.1 Å². The van der Waals surface area contributed by atoms with E-state index < -0.39 is 11.9 Å². The van der Waals surface area contributed by atoms with Crippen molar-refractivity contribution in [2.45, 2.75) is 19.9 Å². The molecule has 32 heavy (non-hydrogen) atoms. The zero-order valence-electron chi connectivity index (χ0n) is 17.4. The molecule has 0 bridgehead atoms. The second-order valence-corrected chi connectivity index (χ2v) is 7.31. The predicted molar refractivity (Wildman–Crippen MR) is 117 cm³/mol. The fourth-order valence-electron chi connectivity index (χ4n) is 3.53. The van der Waals surface area contributed by atoms with Crippen LogP contribution in [0.5, 0.6) is 0 Å². The van der Waals surface area contributed by atoms with Crippen LogP contribution in [0.3, 0.4) is 0 Å². The molecule has 0 aliphatic carbocycles. The Kier molecular flexibility index (Phi) is 5.35. The highest BCUT2D eigenvalue weighted by Crippen LogP contribution is 2.26. The lowest BCUT2D eigenvalue weighted by atomic mass is 10.0. The van der Waals surface area contributed by atoms with E-state index in [0.717, 1.165) is 16.5 Å². The van der Waals surface area contributed by atoms with Gasteiger partial charge in [-0.1, -0.05) is 24.3 Å². The minimum absolute atomic E-state index is 0.0423. The molecule has 4 aromatic rings. The van der Waals surface area contributed by atoms with E-state index in [4.69, 9.17) is 11.0 Å². The number of hydrogen-bond donors (Lipinski definition) is 2. The first-order valence-corrected chi connectivity index (χ1v) is 9.80. The smallest absolute Gasteiger partial charge is 0.287 e. The fourth-order valence-corrected chi connectivity index (χ4v) is 3.53. The number of nitrogens with zero attached hydrogens (tertiary/aromatic N) is 5. The highest BCUT2D eigenvalue weighted by atomic mass is 16.2. The van der Waals surface area contributed by atoms with Gasteiger partial charge in [0, 0.05) is 10.9 Å². The minimum atomic E-state index is -0.729. The molecular formula is C23H19N7O2. The first-order valence-electron chi connectivity index (χ1n) is 9.80. The summed E-state index contributed by atoms with van der Waals surface area (Å²) in [7, 11) is 0. The number of aromatic nitrogens is 4. The van der Waals surface area contributed by atoms with Crippen molar-refractivity contribution in [3.63, 3.8) is 0 Å². The van der Waals surface area contributed by atoms with Gasteiger partial charge >= 0.3 is 0 Å². The normalized spacial score (nSPS) is 11.7. The maximum Gasteiger partial charge on any atom is 0.287 e.